The Hall–Kier alpha value is -1.88. The van der Waals surface area contributed by atoms with Crippen LogP contribution in [-0.2, 0) is 16.0 Å². The first kappa shape index (κ1) is 14.2. The molecule has 0 saturated carbocycles. The molecule has 0 saturated heterocycles. The van der Waals surface area contributed by atoms with E-state index in [2.05, 4.69) is 10.1 Å². The second kappa shape index (κ2) is 7.45. The highest BCUT2D eigenvalue weighted by atomic mass is 16.5. The Morgan fingerprint density at radius 3 is 2.72 bits per heavy atom. The Labute approximate surface area is 106 Å². The molecule has 0 aromatic heterocycles. The van der Waals surface area contributed by atoms with E-state index in [1.165, 1.54) is 7.11 Å². The van der Waals surface area contributed by atoms with Gasteiger partial charge in [0.15, 0.2) is 0 Å². The zero-order valence-corrected chi connectivity index (χ0v) is 10.4. The predicted molar refractivity (Wildman–Crippen MR) is 68.2 cm³/mol. The van der Waals surface area contributed by atoms with Crippen molar-refractivity contribution in [2.45, 2.75) is 12.8 Å². The van der Waals surface area contributed by atoms with Gasteiger partial charge in [0.05, 0.1) is 13.5 Å². The Morgan fingerprint density at radius 1 is 1.33 bits per heavy atom. The lowest BCUT2D eigenvalue weighted by Crippen LogP contribution is -2.27. The van der Waals surface area contributed by atoms with Gasteiger partial charge in [-0.25, -0.2) is 0 Å². The van der Waals surface area contributed by atoms with E-state index in [1.54, 1.807) is 12.1 Å². The lowest BCUT2D eigenvalue weighted by atomic mass is 10.0. The number of nitrogens with one attached hydrogen (secondary N) is 1. The first-order chi connectivity index (χ1) is 8.69. The molecule has 5 nitrogen and oxygen atoms in total. The molecular formula is C13H18N2O3. The Morgan fingerprint density at radius 2 is 2.06 bits per heavy atom. The molecule has 0 aliphatic carbocycles. The number of carbonyl (C=O) groups excluding carboxylic acids is 2. The van der Waals surface area contributed by atoms with Crippen molar-refractivity contribution in [1.82, 2.24) is 5.32 Å². The van der Waals surface area contributed by atoms with Crippen LogP contribution in [0.3, 0.4) is 0 Å². The molecule has 1 amide bonds. The largest absolute Gasteiger partial charge is 0.469 e. The summed E-state index contributed by atoms with van der Waals surface area (Å²) >= 11 is 0. The van der Waals surface area contributed by atoms with Crippen LogP contribution in [0.4, 0.5) is 0 Å². The van der Waals surface area contributed by atoms with Crippen LogP contribution in [-0.4, -0.2) is 32.1 Å². The van der Waals surface area contributed by atoms with Gasteiger partial charge in [-0.05, 0) is 24.6 Å². The van der Waals surface area contributed by atoms with Crippen molar-refractivity contribution in [2.75, 3.05) is 20.2 Å². The molecule has 1 rings (SSSR count). The van der Waals surface area contributed by atoms with Gasteiger partial charge in [-0.3, -0.25) is 9.59 Å². The van der Waals surface area contributed by atoms with E-state index < -0.39 is 0 Å². The van der Waals surface area contributed by atoms with Gasteiger partial charge in [0.2, 0.25) is 0 Å². The minimum atomic E-state index is -0.342. The predicted octanol–water partition coefficient (Wildman–Crippen LogP) is 0.481. The van der Waals surface area contributed by atoms with E-state index in [0.29, 0.717) is 18.5 Å². The molecule has 0 atom stereocenters. The molecule has 18 heavy (non-hydrogen) atoms. The van der Waals surface area contributed by atoms with Crippen LogP contribution >= 0.6 is 0 Å². The van der Waals surface area contributed by atoms with Crippen LogP contribution in [0.5, 0.6) is 0 Å². The third-order valence-electron chi connectivity index (χ3n) is 2.52. The van der Waals surface area contributed by atoms with Crippen molar-refractivity contribution < 1.29 is 14.3 Å². The number of hydrogen-bond donors (Lipinski definition) is 2. The molecule has 1 aromatic rings. The van der Waals surface area contributed by atoms with Crippen molar-refractivity contribution >= 4 is 11.9 Å². The van der Waals surface area contributed by atoms with Crippen LogP contribution in [0, 0.1) is 0 Å². The zero-order chi connectivity index (χ0) is 13.4. The quantitative estimate of drug-likeness (QED) is 0.719. The number of carbonyl (C=O) groups is 2. The second-order valence-corrected chi connectivity index (χ2v) is 3.78. The summed E-state index contributed by atoms with van der Waals surface area (Å²) in [6, 6.07) is 7.30. The van der Waals surface area contributed by atoms with E-state index in [-0.39, 0.29) is 24.8 Å². The van der Waals surface area contributed by atoms with Gasteiger partial charge >= 0.3 is 5.97 Å². The van der Waals surface area contributed by atoms with Gasteiger partial charge in [-0.15, -0.1) is 0 Å². The first-order valence-corrected chi connectivity index (χ1v) is 5.82. The highest BCUT2D eigenvalue weighted by Crippen LogP contribution is 2.08. The third kappa shape index (κ3) is 4.18. The van der Waals surface area contributed by atoms with Gasteiger partial charge in [0.1, 0.15) is 0 Å². The topological polar surface area (TPSA) is 81.4 Å². The maximum absolute atomic E-state index is 11.9. The number of esters is 1. The Balaban J connectivity index is 2.58. The smallest absolute Gasteiger partial charge is 0.307 e. The van der Waals surface area contributed by atoms with Gasteiger partial charge in [0.25, 0.3) is 5.91 Å². The maximum atomic E-state index is 11.9. The van der Waals surface area contributed by atoms with Crippen molar-refractivity contribution in [2.24, 2.45) is 5.73 Å². The number of nitrogens with two attached hydrogens (primary N) is 1. The van der Waals surface area contributed by atoms with Gasteiger partial charge in [-0.1, -0.05) is 18.2 Å². The summed E-state index contributed by atoms with van der Waals surface area (Å²) in [6.07, 6.45) is 0.821. The monoisotopic (exact) mass is 250 g/mol. The second-order valence-electron chi connectivity index (χ2n) is 3.78. The molecular weight excluding hydrogens is 232 g/mol. The summed E-state index contributed by atoms with van der Waals surface area (Å²) in [5.41, 5.74) is 7.01. The Bertz CT molecular complexity index is 418. The van der Waals surface area contributed by atoms with E-state index in [0.717, 1.165) is 5.56 Å². The van der Waals surface area contributed by atoms with Gasteiger partial charge in [0, 0.05) is 12.1 Å². The van der Waals surface area contributed by atoms with E-state index in [4.69, 9.17) is 5.73 Å². The van der Waals surface area contributed by atoms with E-state index in [9.17, 15) is 9.59 Å². The molecule has 1 aromatic carbocycles. The van der Waals surface area contributed by atoms with Gasteiger partial charge < -0.3 is 15.8 Å². The summed E-state index contributed by atoms with van der Waals surface area (Å²) in [4.78, 5) is 22.8. The lowest BCUT2D eigenvalue weighted by molar-refractivity contribution is -0.140. The molecule has 0 aliphatic rings. The zero-order valence-electron chi connectivity index (χ0n) is 10.4. The van der Waals surface area contributed by atoms with Crippen molar-refractivity contribution in [3.05, 3.63) is 35.4 Å². The summed E-state index contributed by atoms with van der Waals surface area (Å²) in [6.45, 7) is 0.759. The fourth-order valence-corrected chi connectivity index (χ4v) is 1.59. The molecule has 5 heteroatoms. The third-order valence-corrected chi connectivity index (χ3v) is 2.52. The summed E-state index contributed by atoms with van der Waals surface area (Å²) in [7, 11) is 1.32. The molecule has 0 radical (unpaired) electrons. The van der Waals surface area contributed by atoms with Crippen LogP contribution in [0.1, 0.15) is 22.3 Å². The average Bonchev–Trinajstić information content (AvgIpc) is 2.39. The molecule has 0 bridgehead atoms. The van der Waals surface area contributed by atoms with E-state index >= 15 is 0 Å². The van der Waals surface area contributed by atoms with Crippen molar-refractivity contribution in [3.63, 3.8) is 0 Å². The van der Waals surface area contributed by atoms with Crippen LogP contribution in [0.2, 0.25) is 0 Å². The SMILES string of the molecule is COC(=O)CCNC(=O)c1ccccc1CCN. The number of benzene rings is 1. The van der Waals surface area contributed by atoms with E-state index in [1.807, 2.05) is 12.1 Å². The molecule has 0 aliphatic heterocycles. The number of hydrogen-bond acceptors (Lipinski definition) is 4. The highest BCUT2D eigenvalue weighted by molar-refractivity contribution is 5.95. The molecule has 0 fully saturated rings. The minimum absolute atomic E-state index is 0.168. The Kier molecular flexibility index (Phi) is 5.87. The highest BCUT2D eigenvalue weighted by Gasteiger charge is 2.10. The number of methoxy groups -OCH3 is 1. The fraction of sp³-hybridized carbons (Fsp3) is 0.385. The van der Waals surface area contributed by atoms with Crippen molar-refractivity contribution in [1.29, 1.82) is 0 Å². The molecule has 0 heterocycles. The maximum Gasteiger partial charge on any atom is 0.307 e. The minimum Gasteiger partial charge on any atom is -0.469 e. The lowest BCUT2D eigenvalue weighted by Gasteiger charge is -2.09. The summed E-state index contributed by atoms with van der Waals surface area (Å²) in [5, 5.41) is 2.68. The van der Waals surface area contributed by atoms with Crippen LogP contribution in [0.25, 0.3) is 0 Å². The number of amides is 1. The number of ether oxygens (including phenoxy) is 1. The standard InChI is InChI=1S/C13H18N2O3/c1-18-12(16)7-9-15-13(17)11-5-3-2-4-10(11)6-8-14/h2-5H,6-9,14H2,1H3,(H,15,17). The van der Waals surface area contributed by atoms with Gasteiger partial charge in [-0.2, -0.15) is 0 Å². The average molecular weight is 250 g/mol. The first-order valence-electron chi connectivity index (χ1n) is 5.82. The molecule has 0 unspecified atom stereocenters. The fourth-order valence-electron chi connectivity index (χ4n) is 1.59. The number of rotatable bonds is 6. The molecule has 98 valence electrons. The van der Waals surface area contributed by atoms with Crippen molar-refractivity contribution in [3.8, 4) is 0 Å². The summed E-state index contributed by atoms with van der Waals surface area (Å²) < 4.78 is 4.49. The summed E-state index contributed by atoms with van der Waals surface area (Å²) in [5.74, 6) is -0.534. The van der Waals surface area contributed by atoms with Crippen LogP contribution in [0.15, 0.2) is 24.3 Å². The van der Waals surface area contributed by atoms with Crippen LogP contribution < -0.4 is 11.1 Å². The molecule has 0 spiro atoms. The normalized spacial score (nSPS) is 9.89. The molecule has 3 N–H and O–H groups in total.